The summed E-state index contributed by atoms with van der Waals surface area (Å²) in [6.45, 7) is 3.79. The van der Waals surface area contributed by atoms with Crippen LogP contribution in [0.1, 0.15) is 30.0 Å². The van der Waals surface area contributed by atoms with Gasteiger partial charge < -0.3 is 10.2 Å². The number of amides is 2. The molecule has 0 saturated carbocycles. The van der Waals surface area contributed by atoms with Gasteiger partial charge in [0.25, 0.3) is 10.0 Å². The Bertz CT molecular complexity index is 1690. The summed E-state index contributed by atoms with van der Waals surface area (Å²) in [7, 11) is -4.28. The fraction of sp³-hybridized carbons (Fsp3) is 0.235. The molecular formula is C34H35Cl2N3O4S. The molecule has 0 fully saturated rings. The second kappa shape index (κ2) is 15.2. The largest absolute Gasteiger partial charge is 0.354 e. The summed E-state index contributed by atoms with van der Waals surface area (Å²) in [6, 6.07) is 28.6. The lowest BCUT2D eigenvalue weighted by Gasteiger charge is -2.34. The van der Waals surface area contributed by atoms with Gasteiger partial charge in [-0.3, -0.25) is 13.9 Å². The van der Waals surface area contributed by atoms with Crippen molar-refractivity contribution in [2.45, 2.75) is 44.2 Å². The number of benzene rings is 4. The van der Waals surface area contributed by atoms with Crippen molar-refractivity contribution in [3.8, 4) is 0 Å². The monoisotopic (exact) mass is 651 g/mol. The molecule has 4 rings (SSSR count). The minimum absolute atomic E-state index is 0.00627. The molecule has 4 aromatic rings. The highest BCUT2D eigenvalue weighted by Gasteiger charge is 2.35. The second-order valence-electron chi connectivity index (χ2n) is 10.4. The summed E-state index contributed by atoms with van der Waals surface area (Å²) in [5.74, 6) is -0.899. The molecule has 10 heteroatoms. The van der Waals surface area contributed by atoms with Crippen molar-refractivity contribution in [1.82, 2.24) is 10.2 Å². The lowest BCUT2D eigenvalue weighted by molar-refractivity contribution is -0.140. The molecular weight excluding hydrogens is 617 g/mol. The van der Waals surface area contributed by atoms with Gasteiger partial charge in [0.05, 0.1) is 20.6 Å². The molecule has 0 heterocycles. The van der Waals surface area contributed by atoms with Crippen LogP contribution in [0.2, 0.25) is 10.0 Å². The van der Waals surface area contributed by atoms with E-state index in [9.17, 15) is 18.0 Å². The molecule has 0 aromatic heterocycles. The number of anilines is 1. The molecule has 1 atom stereocenters. The molecule has 0 bridgehead atoms. The highest BCUT2D eigenvalue weighted by Crippen LogP contribution is 2.35. The highest BCUT2D eigenvalue weighted by molar-refractivity contribution is 7.92. The van der Waals surface area contributed by atoms with Gasteiger partial charge in [0.1, 0.15) is 12.6 Å². The van der Waals surface area contributed by atoms with Crippen LogP contribution in [-0.4, -0.2) is 44.3 Å². The first kappa shape index (κ1) is 33.1. The molecule has 1 N–H and O–H groups in total. The van der Waals surface area contributed by atoms with Crippen molar-refractivity contribution in [3.05, 3.63) is 130 Å². The predicted octanol–water partition coefficient (Wildman–Crippen LogP) is 6.66. The van der Waals surface area contributed by atoms with E-state index in [-0.39, 0.29) is 39.5 Å². The van der Waals surface area contributed by atoms with E-state index < -0.39 is 28.5 Å². The average molecular weight is 653 g/mol. The third-order valence-electron chi connectivity index (χ3n) is 7.07. The Morgan fingerprint density at radius 2 is 1.48 bits per heavy atom. The molecule has 0 unspecified atom stereocenters. The Balaban J connectivity index is 1.82. The Labute approximate surface area is 269 Å². The number of carbonyl (C=O) groups is 2. The Kier molecular flexibility index (Phi) is 11.4. The van der Waals surface area contributed by atoms with Crippen LogP contribution in [-0.2, 0) is 32.6 Å². The molecule has 0 radical (unpaired) electrons. The van der Waals surface area contributed by atoms with Crippen LogP contribution in [0.15, 0.2) is 108 Å². The number of nitrogens with zero attached hydrogens (tertiary/aromatic N) is 2. The summed E-state index contributed by atoms with van der Waals surface area (Å²) in [4.78, 5) is 29.6. The van der Waals surface area contributed by atoms with Gasteiger partial charge in [0.2, 0.25) is 11.8 Å². The molecule has 2 amide bonds. The zero-order chi connectivity index (χ0) is 31.7. The first-order chi connectivity index (χ1) is 21.1. The molecule has 0 aliphatic heterocycles. The zero-order valence-corrected chi connectivity index (χ0v) is 26.9. The van der Waals surface area contributed by atoms with E-state index in [1.54, 1.807) is 30.3 Å². The average Bonchev–Trinajstić information content (AvgIpc) is 3.02. The number of nitrogens with one attached hydrogen (secondary N) is 1. The van der Waals surface area contributed by atoms with Gasteiger partial charge in [-0.2, -0.15) is 0 Å². The minimum atomic E-state index is -4.28. The van der Waals surface area contributed by atoms with E-state index in [1.807, 2.05) is 68.4 Å². The van der Waals surface area contributed by atoms with Gasteiger partial charge in [-0.15, -0.1) is 0 Å². The Morgan fingerprint density at radius 1 is 0.841 bits per heavy atom. The smallest absolute Gasteiger partial charge is 0.264 e. The summed E-state index contributed by atoms with van der Waals surface area (Å²) >= 11 is 12.8. The van der Waals surface area contributed by atoms with Gasteiger partial charge in [0, 0.05) is 19.5 Å². The van der Waals surface area contributed by atoms with Crippen molar-refractivity contribution in [3.63, 3.8) is 0 Å². The van der Waals surface area contributed by atoms with Gasteiger partial charge >= 0.3 is 0 Å². The number of halogens is 2. The third kappa shape index (κ3) is 8.20. The highest BCUT2D eigenvalue weighted by atomic mass is 35.5. The van der Waals surface area contributed by atoms with Crippen molar-refractivity contribution < 1.29 is 18.0 Å². The predicted molar refractivity (Wildman–Crippen MR) is 176 cm³/mol. The van der Waals surface area contributed by atoms with Crippen LogP contribution in [0, 0.1) is 6.92 Å². The number of carbonyl (C=O) groups excluding carboxylic acids is 2. The first-order valence-electron chi connectivity index (χ1n) is 14.3. The standard InChI is InChI=1S/C34H35Cl2N3O4S/c1-3-20-37-34(41)31(22-26-13-6-4-7-14-26)38(23-27-15-10-12-25(2)21-27)32(40)24-39(30-19-11-18-29(35)33(30)36)44(42,43)28-16-8-5-9-17-28/h4-19,21,31H,3,20,22-24H2,1-2H3,(H,37,41)/t31-/m1/s1. The van der Waals surface area contributed by atoms with E-state index in [2.05, 4.69) is 5.32 Å². The summed E-state index contributed by atoms with van der Waals surface area (Å²) < 4.78 is 29.1. The van der Waals surface area contributed by atoms with E-state index in [0.717, 1.165) is 21.0 Å². The fourth-order valence-electron chi connectivity index (χ4n) is 4.85. The SMILES string of the molecule is CCCNC(=O)[C@@H](Cc1ccccc1)N(Cc1cccc(C)c1)C(=O)CN(c1cccc(Cl)c1Cl)S(=O)(=O)c1ccccc1. The molecule has 4 aromatic carbocycles. The number of rotatable bonds is 13. The van der Waals surface area contributed by atoms with Crippen LogP contribution in [0.4, 0.5) is 5.69 Å². The lowest BCUT2D eigenvalue weighted by atomic mass is 10.0. The van der Waals surface area contributed by atoms with Crippen LogP contribution >= 0.6 is 23.2 Å². The van der Waals surface area contributed by atoms with Crippen molar-refractivity contribution >= 4 is 50.7 Å². The van der Waals surface area contributed by atoms with E-state index >= 15 is 0 Å². The molecule has 0 saturated heterocycles. The summed E-state index contributed by atoms with van der Waals surface area (Å²) in [5, 5.41) is 3.07. The maximum absolute atomic E-state index is 14.5. The summed E-state index contributed by atoms with van der Waals surface area (Å²) in [5.41, 5.74) is 2.71. The maximum atomic E-state index is 14.5. The zero-order valence-electron chi connectivity index (χ0n) is 24.6. The van der Waals surface area contributed by atoms with Gasteiger partial charge in [-0.25, -0.2) is 8.42 Å². The van der Waals surface area contributed by atoms with Crippen molar-refractivity contribution in [2.75, 3.05) is 17.4 Å². The molecule has 230 valence electrons. The Hall–Kier alpha value is -3.85. The fourth-order valence-corrected chi connectivity index (χ4v) is 6.74. The van der Waals surface area contributed by atoms with Crippen molar-refractivity contribution in [1.29, 1.82) is 0 Å². The molecule has 44 heavy (non-hydrogen) atoms. The molecule has 7 nitrogen and oxygen atoms in total. The first-order valence-corrected chi connectivity index (χ1v) is 16.5. The number of hydrogen-bond acceptors (Lipinski definition) is 4. The second-order valence-corrected chi connectivity index (χ2v) is 13.1. The third-order valence-corrected chi connectivity index (χ3v) is 9.65. The van der Waals surface area contributed by atoms with Crippen LogP contribution in [0.25, 0.3) is 0 Å². The number of sulfonamides is 1. The van der Waals surface area contributed by atoms with E-state index in [4.69, 9.17) is 23.2 Å². The molecule has 0 spiro atoms. The molecule has 0 aliphatic carbocycles. The van der Waals surface area contributed by atoms with Crippen LogP contribution in [0.3, 0.4) is 0 Å². The quantitative estimate of drug-likeness (QED) is 0.175. The van der Waals surface area contributed by atoms with Gasteiger partial charge in [-0.1, -0.05) is 115 Å². The molecule has 0 aliphatic rings. The Morgan fingerprint density at radius 3 is 2.14 bits per heavy atom. The number of aryl methyl sites for hydroxylation is 1. The van der Waals surface area contributed by atoms with Crippen LogP contribution < -0.4 is 9.62 Å². The topological polar surface area (TPSA) is 86.8 Å². The number of hydrogen-bond donors (Lipinski definition) is 1. The van der Waals surface area contributed by atoms with Gasteiger partial charge in [0.15, 0.2) is 0 Å². The van der Waals surface area contributed by atoms with E-state index in [1.165, 1.54) is 23.1 Å². The normalized spacial score (nSPS) is 11.9. The summed E-state index contributed by atoms with van der Waals surface area (Å²) in [6.07, 6.45) is 0.948. The van der Waals surface area contributed by atoms with E-state index in [0.29, 0.717) is 13.0 Å². The van der Waals surface area contributed by atoms with Gasteiger partial charge in [-0.05, 0) is 48.7 Å². The maximum Gasteiger partial charge on any atom is 0.264 e. The minimum Gasteiger partial charge on any atom is -0.354 e. The van der Waals surface area contributed by atoms with Crippen molar-refractivity contribution in [2.24, 2.45) is 0 Å². The lowest BCUT2D eigenvalue weighted by Crippen LogP contribution is -2.53. The van der Waals surface area contributed by atoms with Crippen LogP contribution in [0.5, 0.6) is 0 Å².